The first-order valence-electron chi connectivity index (χ1n) is 7.27. The van der Waals surface area contributed by atoms with E-state index in [2.05, 4.69) is 5.32 Å². The van der Waals surface area contributed by atoms with Crippen LogP contribution in [0.4, 0.5) is 14.9 Å². The van der Waals surface area contributed by atoms with Crippen molar-refractivity contribution in [3.63, 3.8) is 0 Å². The Hall–Kier alpha value is -2.38. The maximum absolute atomic E-state index is 13.8. The van der Waals surface area contributed by atoms with Crippen LogP contribution >= 0.6 is 23.4 Å². The van der Waals surface area contributed by atoms with E-state index in [0.29, 0.717) is 5.69 Å². The minimum absolute atomic E-state index is 0.0256. The van der Waals surface area contributed by atoms with Crippen LogP contribution in [0.15, 0.2) is 42.5 Å². The Labute approximate surface area is 152 Å². The molecule has 2 aromatic carbocycles. The number of carbonyl (C=O) groups is 3. The minimum Gasteiger partial charge on any atom is -0.322 e. The lowest BCUT2D eigenvalue weighted by Gasteiger charge is -2.13. The molecule has 0 atom stereocenters. The molecule has 5 nitrogen and oxygen atoms in total. The fourth-order valence-corrected chi connectivity index (χ4v) is 3.29. The molecule has 1 aliphatic heterocycles. The molecule has 0 radical (unpaired) electrons. The van der Waals surface area contributed by atoms with Crippen LogP contribution in [0.3, 0.4) is 0 Å². The topological polar surface area (TPSA) is 66.5 Å². The molecule has 1 fully saturated rings. The first kappa shape index (κ1) is 17.4. The molecule has 0 saturated carbocycles. The van der Waals surface area contributed by atoms with Gasteiger partial charge in [0.25, 0.3) is 11.1 Å². The highest BCUT2D eigenvalue weighted by molar-refractivity contribution is 8.14. The van der Waals surface area contributed by atoms with Crippen molar-refractivity contribution in [2.75, 3.05) is 11.1 Å². The number of imide groups is 1. The van der Waals surface area contributed by atoms with Gasteiger partial charge in [-0.05, 0) is 29.8 Å². The Bertz CT molecular complexity index is 821. The zero-order valence-corrected chi connectivity index (χ0v) is 14.4. The third-order valence-corrected chi connectivity index (χ3v) is 4.76. The Balaban J connectivity index is 1.69. The Kier molecular flexibility index (Phi) is 5.06. The first-order valence-corrected chi connectivity index (χ1v) is 8.63. The molecule has 8 heteroatoms. The standard InChI is InChI=1S/C17H12ClFN2O3S/c18-12-2-1-3-13(19)15(12)16(23)20-11-6-4-10(5-7-11)8-21-14(22)9-25-17(21)24/h1-7H,8-9H2,(H,20,23). The summed E-state index contributed by atoms with van der Waals surface area (Å²) in [5.41, 5.74) is 0.964. The molecule has 0 aromatic heterocycles. The van der Waals surface area contributed by atoms with E-state index < -0.39 is 11.7 Å². The number of hydrogen-bond donors (Lipinski definition) is 1. The van der Waals surface area contributed by atoms with E-state index >= 15 is 0 Å². The second-order valence-electron chi connectivity index (χ2n) is 5.28. The lowest BCUT2D eigenvalue weighted by molar-refractivity contribution is -0.125. The lowest BCUT2D eigenvalue weighted by atomic mass is 10.1. The Morgan fingerprint density at radius 2 is 1.92 bits per heavy atom. The van der Waals surface area contributed by atoms with Gasteiger partial charge < -0.3 is 5.32 Å². The summed E-state index contributed by atoms with van der Waals surface area (Å²) in [5.74, 6) is -1.42. The highest BCUT2D eigenvalue weighted by Crippen LogP contribution is 2.23. The SMILES string of the molecule is O=C(Nc1ccc(CN2C(=O)CSC2=O)cc1)c1c(F)cccc1Cl. The van der Waals surface area contributed by atoms with Crippen LogP contribution in [0.1, 0.15) is 15.9 Å². The maximum atomic E-state index is 13.8. The third-order valence-electron chi connectivity index (χ3n) is 3.58. The second-order valence-corrected chi connectivity index (χ2v) is 6.62. The van der Waals surface area contributed by atoms with Gasteiger partial charge in [0.05, 0.1) is 22.9 Å². The number of rotatable bonds is 4. The molecule has 0 unspecified atom stereocenters. The molecule has 1 N–H and O–H groups in total. The molecular formula is C17H12ClFN2O3S. The van der Waals surface area contributed by atoms with Gasteiger partial charge >= 0.3 is 0 Å². The van der Waals surface area contributed by atoms with Crippen LogP contribution in [-0.4, -0.2) is 27.7 Å². The summed E-state index contributed by atoms with van der Waals surface area (Å²) >= 11 is 6.84. The summed E-state index contributed by atoms with van der Waals surface area (Å²) in [4.78, 5) is 36.5. The van der Waals surface area contributed by atoms with Gasteiger partial charge in [-0.1, -0.05) is 41.6 Å². The molecule has 128 valence electrons. The predicted molar refractivity (Wildman–Crippen MR) is 94.2 cm³/mol. The number of nitrogens with zero attached hydrogens (tertiary/aromatic N) is 1. The molecule has 1 saturated heterocycles. The van der Waals surface area contributed by atoms with Gasteiger partial charge in [-0.15, -0.1) is 0 Å². The van der Waals surface area contributed by atoms with Crippen LogP contribution in [0, 0.1) is 5.82 Å². The normalized spacial score (nSPS) is 14.1. The maximum Gasteiger partial charge on any atom is 0.289 e. The van der Waals surface area contributed by atoms with E-state index in [-0.39, 0.29) is 34.0 Å². The summed E-state index contributed by atoms with van der Waals surface area (Å²) in [6.07, 6.45) is 0. The van der Waals surface area contributed by atoms with Crippen molar-refractivity contribution in [1.82, 2.24) is 4.90 Å². The lowest BCUT2D eigenvalue weighted by Crippen LogP contribution is -2.27. The summed E-state index contributed by atoms with van der Waals surface area (Å²) in [7, 11) is 0. The van der Waals surface area contributed by atoms with Crippen molar-refractivity contribution in [2.24, 2.45) is 0 Å². The third kappa shape index (κ3) is 3.83. The summed E-state index contributed by atoms with van der Waals surface area (Å²) in [5, 5.41) is 2.32. The number of anilines is 1. The largest absolute Gasteiger partial charge is 0.322 e. The van der Waals surface area contributed by atoms with Crippen LogP contribution in [-0.2, 0) is 11.3 Å². The molecule has 3 rings (SSSR count). The molecule has 0 aliphatic carbocycles. The van der Waals surface area contributed by atoms with Gasteiger partial charge in [0.15, 0.2) is 0 Å². The van der Waals surface area contributed by atoms with Gasteiger partial charge in [-0.25, -0.2) is 4.39 Å². The second kappa shape index (κ2) is 7.25. The van der Waals surface area contributed by atoms with Crippen molar-refractivity contribution >= 4 is 46.1 Å². The van der Waals surface area contributed by atoms with Crippen molar-refractivity contribution in [3.05, 3.63) is 64.4 Å². The number of amides is 3. The van der Waals surface area contributed by atoms with Gasteiger partial charge in [0, 0.05) is 5.69 Å². The minimum atomic E-state index is -0.704. The molecule has 2 aromatic rings. The van der Waals surface area contributed by atoms with E-state index in [1.165, 1.54) is 17.0 Å². The van der Waals surface area contributed by atoms with Crippen LogP contribution in [0.5, 0.6) is 0 Å². The predicted octanol–water partition coefficient (Wildman–Crippen LogP) is 3.93. The molecule has 3 amide bonds. The van der Waals surface area contributed by atoms with Crippen LogP contribution in [0.2, 0.25) is 5.02 Å². The molecular weight excluding hydrogens is 367 g/mol. The van der Waals surface area contributed by atoms with Crippen LogP contribution in [0.25, 0.3) is 0 Å². The Morgan fingerprint density at radius 1 is 1.20 bits per heavy atom. The van der Waals surface area contributed by atoms with Crippen LogP contribution < -0.4 is 5.32 Å². The fourth-order valence-electron chi connectivity index (χ4n) is 2.32. The summed E-state index contributed by atoms with van der Waals surface area (Å²) in [6, 6.07) is 10.6. The van der Waals surface area contributed by atoms with Crippen molar-refractivity contribution in [3.8, 4) is 0 Å². The molecule has 1 aliphatic rings. The van der Waals surface area contributed by atoms with Gasteiger partial charge in [-0.3, -0.25) is 19.3 Å². The smallest absolute Gasteiger partial charge is 0.289 e. The zero-order chi connectivity index (χ0) is 18.0. The zero-order valence-electron chi connectivity index (χ0n) is 12.8. The molecule has 0 spiro atoms. The first-order chi connectivity index (χ1) is 12.0. The van der Waals surface area contributed by atoms with E-state index in [4.69, 9.17) is 11.6 Å². The number of benzene rings is 2. The average molecular weight is 379 g/mol. The highest BCUT2D eigenvalue weighted by Gasteiger charge is 2.29. The van der Waals surface area contributed by atoms with E-state index in [9.17, 15) is 18.8 Å². The number of carbonyl (C=O) groups excluding carboxylic acids is 3. The summed E-state index contributed by atoms with van der Waals surface area (Å²) in [6.45, 7) is 0.179. The number of nitrogens with one attached hydrogen (secondary N) is 1. The number of hydrogen-bond acceptors (Lipinski definition) is 4. The number of halogens is 2. The van der Waals surface area contributed by atoms with Crippen molar-refractivity contribution in [2.45, 2.75) is 6.54 Å². The molecule has 1 heterocycles. The van der Waals surface area contributed by atoms with E-state index in [0.717, 1.165) is 23.4 Å². The van der Waals surface area contributed by atoms with Crippen molar-refractivity contribution < 1.29 is 18.8 Å². The monoisotopic (exact) mass is 378 g/mol. The summed E-state index contributed by atoms with van der Waals surface area (Å²) < 4.78 is 13.8. The highest BCUT2D eigenvalue weighted by atomic mass is 35.5. The van der Waals surface area contributed by atoms with Gasteiger partial charge in [0.2, 0.25) is 5.91 Å². The Morgan fingerprint density at radius 3 is 2.52 bits per heavy atom. The number of thioether (sulfide) groups is 1. The quantitative estimate of drug-likeness (QED) is 0.875. The molecule has 0 bridgehead atoms. The fraction of sp³-hybridized carbons (Fsp3) is 0.118. The average Bonchev–Trinajstić information content (AvgIpc) is 2.88. The van der Waals surface area contributed by atoms with Gasteiger partial charge in [-0.2, -0.15) is 0 Å². The van der Waals surface area contributed by atoms with E-state index in [1.54, 1.807) is 24.3 Å². The van der Waals surface area contributed by atoms with Gasteiger partial charge in [0.1, 0.15) is 5.82 Å². The van der Waals surface area contributed by atoms with Crippen molar-refractivity contribution in [1.29, 1.82) is 0 Å². The molecule has 25 heavy (non-hydrogen) atoms. The van der Waals surface area contributed by atoms with E-state index in [1.807, 2.05) is 0 Å².